The lowest BCUT2D eigenvalue weighted by Crippen LogP contribution is -2.86. The highest BCUT2D eigenvalue weighted by atomic mass is 35.5. The van der Waals surface area contributed by atoms with Crippen molar-refractivity contribution in [3.8, 4) is 0 Å². The van der Waals surface area contributed by atoms with Gasteiger partial charge in [0, 0.05) is 21.8 Å². The molecule has 3 N–H and O–H groups in total. The number of hydrogen-bond acceptors (Lipinski definition) is 2. The molecule has 0 radical (unpaired) electrons. The quantitative estimate of drug-likeness (QED) is 0.799. The zero-order chi connectivity index (χ0) is 16.8. The minimum Gasteiger partial charge on any atom is -0.332 e. The molecule has 0 bridgehead atoms. The van der Waals surface area contributed by atoms with Crippen LogP contribution in [0.1, 0.15) is 35.8 Å². The number of Topliss-reactive ketones (excluding diaryl/α,β-unsaturated/α-hetero) is 1. The lowest BCUT2D eigenvalue weighted by Gasteiger charge is -2.12. The van der Waals surface area contributed by atoms with E-state index in [1.807, 2.05) is 36.5 Å². The number of rotatable bonds is 6. The van der Waals surface area contributed by atoms with E-state index in [0.29, 0.717) is 16.3 Å². The van der Waals surface area contributed by atoms with Gasteiger partial charge in [0.05, 0.1) is 0 Å². The number of hydrogen-bond donors (Lipinski definition) is 2. The van der Waals surface area contributed by atoms with Gasteiger partial charge in [-0.1, -0.05) is 41.9 Å². The van der Waals surface area contributed by atoms with Crippen molar-refractivity contribution < 1.29 is 14.9 Å². The molecule has 0 unspecified atom stereocenters. The highest BCUT2D eigenvalue weighted by Gasteiger charge is 2.14. The van der Waals surface area contributed by atoms with Crippen LogP contribution in [0.4, 0.5) is 5.69 Å². The number of halogens is 1. The second-order valence-corrected chi connectivity index (χ2v) is 5.84. The van der Waals surface area contributed by atoms with Crippen LogP contribution in [0.15, 0.2) is 48.5 Å². The predicted octanol–water partition coefficient (Wildman–Crippen LogP) is 2.81. The molecule has 0 saturated heterocycles. The number of benzene rings is 2. The summed E-state index contributed by atoms with van der Waals surface area (Å²) < 4.78 is 0. The van der Waals surface area contributed by atoms with E-state index in [1.54, 1.807) is 24.3 Å². The number of anilines is 1. The van der Waals surface area contributed by atoms with Crippen molar-refractivity contribution in [3.63, 3.8) is 0 Å². The summed E-state index contributed by atoms with van der Waals surface area (Å²) in [5, 5.41) is 5.43. The van der Waals surface area contributed by atoms with Crippen LogP contribution in [0.2, 0.25) is 5.02 Å². The highest BCUT2D eigenvalue weighted by Crippen LogP contribution is 2.19. The van der Waals surface area contributed by atoms with Crippen molar-refractivity contribution in [3.05, 3.63) is 64.7 Å². The van der Waals surface area contributed by atoms with E-state index in [2.05, 4.69) is 5.32 Å². The molecule has 0 aliphatic carbocycles. The summed E-state index contributed by atoms with van der Waals surface area (Å²) in [4.78, 5) is 23.4. The largest absolute Gasteiger partial charge is 0.332 e. The first-order chi connectivity index (χ1) is 11.0. The monoisotopic (exact) mass is 331 g/mol. The van der Waals surface area contributed by atoms with Crippen LogP contribution in [0.5, 0.6) is 0 Å². The first kappa shape index (κ1) is 17.2. The topological polar surface area (TPSA) is 62.8 Å². The van der Waals surface area contributed by atoms with Gasteiger partial charge in [-0.3, -0.25) is 9.59 Å². The summed E-state index contributed by atoms with van der Waals surface area (Å²) in [5.41, 5.74) is 2.21. The van der Waals surface area contributed by atoms with Crippen molar-refractivity contribution in [2.45, 2.75) is 19.9 Å². The number of carbonyl (C=O) groups is 2. The molecule has 120 valence electrons. The van der Waals surface area contributed by atoms with E-state index >= 15 is 0 Å². The summed E-state index contributed by atoms with van der Waals surface area (Å²) in [5.74, 6) is -0.149. The lowest BCUT2D eigenvalue weighted by molar-refractivity contribution is -0.682. The van der Waals surface area contributed by atoms with E-state index in [9.17, 15) is 9.59 Å². The average molecular weight is 332 g/mol. The number of carbonyl (C=O) groups excluding carboxylic acids is 2. The van der Waals surface area contributed by atoms with Crippen molar-refractivity contribution in [2.24, 2.45) is 0 Å². The minimum absolute atomic E-state index is 0.0278. The molecule has 1 amide bonds. The van der Waals surface area contributed by atoms with Gasteiger partial charge in [-0.2, -0.15) is 0 Å². The van der Waals surface area contributed by atoms with Gasteiger partial charge >= 0.3 is 0 Å². The second-order valence-electron chi connectivity index (χ2n) is 5.44. The van der Waals surface area contributed by atoms with Crippen LogP contribution in [-0.4, -0.2) is 18.2 Å². The normalized spacial score (nSPS) is 11.8. The van der Waals surface area contributed by atoms with Gasteiger partial charge in [-0.15, -0.1) is 0 Å². The highest BCUT2D eigenvalue weighted by molar-refractivity contribution is 6.31. The molecular formula is C18H20ClN2O2+. The number of nitrogens with two attached hydrogens (primary N) is 1. The van der Waals surface area contributed by atoms with Crippen LogP contribution in [0.3, 0.4) is 0 Å². The van der Waals surface area contributed by atoms with Crippen LogP contribution in [0, 0.1) is 0 Å². The molecular weight excluding hydrogens is 312 g/mol. The van der Waals surface area contributed by atoms with Gasteiger partial charge in [0.1, 0.15) is 6.04 Å². The SMILES string of the molecule is CC(=O)c1cccc(NC(=O)C[NH2+][C@H](C)c2ccccc2Cl)c1. The molecule has 0 fully saturated rings. The smallest absolute Gasteiger partial charge is 0.279 e. The third-order valence-electron chi connectivity index (χ3n) is 3.61. The third-order valence-corrected chi connectivity index (χ3v) is 3.95. The van der Waals surface area contributed by atoms with Gasteiger partial charge in [0.2, 0.25) is 0 Å². The average Bonchev–Trinajstić information content (AvgIpc) is 2.53. The summed E-state index contributed by atoms with van der Waals surface area (Å²) in [6.45, 7) is 3.78. The van der Waals surface area contributed by atoms with Crippen molar-refractivity contribution in [1.82, 2.24) is 0 Å². The maximum Gasteiger partial charge on any atom is 0.279 e. The fraction of sp³-hybridized carbons (Fsp3) is 0.222. The number of amides is 1. The molecule has 2 aromatic rings. The van der Waals surface area contributed by atoms with E-state index < -0.39 is 0 Å². The molecule has 2 aromatic carbocycles. The van der Waals surface area contributed by atoms with Crippen LogP contribution in [0.25, 0.3) is 0 Å². The Bertz CT molecular complexity index is 716. The van der Waals surface area contributed by atoms with E-state index in [1.165, 1.54) is 6.92 Å². The van der Waals surface area contributed by atoms with Gasteiger partial charge in [0.25, 0.3) is 5.91 Å². The van der Waals surface area contributed by atoms with E-state index in [0.717, 1.165) is 5.56 Å². The van der Waals surface area contributed by atoms with E-state index in [-0.39, 0.29) is 24.3 Å². The molecule has 0 aliphatic heterocycles. The first-order valence-corrected chi connectivity index (χ1v) is 7.84. The molecule has 1 atom stereocenters. The molecule has 5 heteroatoms. The summed E-state index contributed by atoms with van der Waals surface area (Å²) in [6.07, 6.45) is 0. The molecule has 0 heterocycles. The maximum atomic E-state index is 12.1. The third kappa shape index (κ3) is 4.91. The number of quaternary nitrogens is 1. The lowest BCUT2D eigenvalue weighted by atomic mass is 10.1. The molecule has 0 aromatic heterocycles. The zero-order valence-corrected chi connectivity index (χ0v) is 13.9. The standard InChI is InChI=1S/C18H19ClN2O2/c1-12(16-8-3-4-9-17(16)19)20-11-18(23)21-15-7-5-6-14(10-15)13(2)22/h3-10,12,20H,11H2,1-2H3,(H,21,23)/p+1/t12-/m1/s1. The van der Waals surface area contributed by atoms with Gasteiger partial charge in [0.15, 0.2) is 12.3 Å². The van der Waals surface area contributed by atoms with E-state index in [4.69, 9.17) is 11.6 Å². The van der Waals surface area contributed by atoms with Gasteiger partial charge < -0.3 is 10.6 Å². The van der Waals surface area contributed by atoms with Crippen molar-refractivity contribution in [2.75, 3.05) is 11.9 Å². The van der Waals surface area contributed by atoms with Gasteiger partial charge in [-0.25, -0.2) is 0 Å². The number of ketones is 1. The Labute approximate surface area is 140 Å². The summed E-state index contributed by atoms with van der Waals surface area (Å²) in [6, 6.07) is 14.6. The van der Waals surface area contributed by atoms with Crippen LogP contribution in [-0.2, 0) is 4.79 Å². The summed E-state index contributed by atoms with van der Waals surface area (Å²) in [7, 11) is 0. The fourth-order valence-corrected chi connectivity index (χ4v) is 2.59. The first-order valence-electron chi connectivity index (χ1n) is 7.46. The Morgan fingerprint density at radius 1 is 1.17 bits per heavy atom. The second kappa shape index (κ2) is 7.90. The predicted molar refractivity (Wildman–Crippen MR) is 91.7 cm³/mol. The molecule has 0 aliphatic rings. The van der Waals surface area contributed by atoms with Crippen LogP contribution >= 0.6 is 11.6 Å². The van der Waals surface area contributed by atoms with Crippen molar-refractivity contribution in [1.29, 1.82) is 0 Å². The molecule has 2 rings (SSSR count). The maximum absolute atomic E-state index is 12.1. The van der Waals surface area contributed by atoms with Crippen molar-refractivity contribution >= 4 is 29.0 Å². The molecule has 0 spiro atoms. The molecule has 0 saturated carbocycles. The van der Waals surface area contributed by atoms with Gasteiger partial charge in [-0.05, 0) is 32.0 Å². The Hall–Kier alpha value is -2.17. The molecule has 23 heavy (non-hydrogen) atoms. The summed E-state index contributed by atoms with van der Waals surface area (Å²) >= 11 is 6.16. The Morgan fingerprint density at radius 2 is 1.91 bits per heavy atom. The Balaban J connectivity index is 1.91. The Kier molecular flexibility index (Phi) is 5.90. The Morgan fingerprint density at radius 3 is 2.61 bits per heavy atom. The zero-order valence-electron chi connectivity index (χ0n) is 13.2. The number of nitrogens with one attached hydrogen (secondary N) is 1. The fourth-order valence-electron chi connectivity index (χ4n) is 2.28. The molecule has 4 nitrogen and oxygen atoms in total. The minimum atomic E-state index is -0.121. The van der Waals surface area contributed by atoms with Crippen LogP contribution < -0.4 is 10.6 Å².